The van der Waals surface area contributed by atoms with E-state index in [-0.39, 0.29) is 10.8 Å². The lowest BCUT2D eigenvalue weighted by Crippen LogP contribution is -2.27. The van der Waals surface area contributed by atoms with Crippen molar-refractivity contribution in [3.63, 3.8) is 0 Å². The maximum atomic E-state index is 12.7. The summed E-state index contributed by atoms with van der Waals surface area (Å²) in [6.07, 6.45) is 11.0. The highest BCUT2D eigenvalue weighted by Gasteiger charge is 2.27. The number of aryl methyl sites for hydroxylation is 1. The van der Waals surface area contributed by atoms with Gasteiger partial charge in [-0.05, 0) is 69.6 Å². The summed E-state index contributed by atoms with van der Waals surface area (Å²) in [7, 11) is -3.47. The summed E-state index contributed by atoms with van der Waals surface area (Å²) >= 11 is 0. The molecule has 1 aliphatic carbocycles. The Labute approximate surface area is 183 Å². The monoisotopic (exact) mass is 445 g/mol. The molecule has 9 heteroatoms. The molecular weight excluding hydrogens is 414 g/mol. The molecule has 1 aromatic carbocycles. The summed E-state index contributed by atoms with van der Waals surface area (Å²) < 4.78 is 28.8. The Morgan fingerprint density at radius 3 is 2.74 bits per heavy atom. The van der Waals surface area contributed by atoms with E-state index in [0.29, 0.717) is 44.5 Å². The van der Waals surface area contributed by atoms with Crippen LogP contribution >= 0.6 is 0 Å². The average Bonchev–Trinajstić information content (AvgIpc) is 3.45. The van der Waals surface area contributed by atoms with Gasteiger partial charge in [0, 0.05) is 32.6 Å². The van der Waals surface area contributed by atoms with Gasteiger partial charge in [0.2, 0.25) is 15.9 Å². The molecule has 1 amide bonds. The van der Waals surface area contributed by atoms with Gasteiger partial charge in [0.25, 0.3) is 0 Å². The summed E-state index contributed by atoms with van der Waals surface area (Å²) in [5.74, 6) is 0.0554. The van der Waals surface area contributed by atoms with Crippen LogP contribution in [0.15, 0.2) is 34.7 Å². The molecule has 168 valence electrons. The second-order valence-electron chi connectivity index (χ2n) is 8.39. The molecule has 0 spiro atoms. The van der Waals surface area contributed by atoms with E-state index in [1.54, 1.807) is 22.9 Å². The Hall–Kier alpha value is -2.26. The van der Waals surface area contributed by atoms with Gasteiger partial charge >= 0.3 is 0 Å². The van der Waals surface area contributed by atoms with Crippen molar-refractivity contribution in [2.24, 2.45) is 0 Å². The molecular formula is C22H31N5O3S. The predicted octanol–water partition coefficient (Wildman–Crippen LogP) is 3.00. The number of allylic oxidation sites excluding steroid dienone is 1. The second-order valence-corrected chi connectivity index (χ2v) is 10.3. The molecule has 0 unspecified atom stereocenters. The van der Waals surface area contributed by atoms with Gasteiger partial charge in [-0.1, -0.05) is 16.9 Å². The fourth-order valence-electron chi connectivity index (χ4n) is 4.33. The van der Waals surface area contributed by atoms with E-state index in [2.05, 4.69) is 21.7 Å². The number of fused-ring (bicyclic) bond motifs is 1. The molecule has 1 fully saturated rings. The summed E-state index contributed by atoms with van der Waals surface area (Å²) in [6.45, 7) is 2.41. The lowest BCUT2D eigenvalue weighted by atomic mass is 9.97. The Balaban J connectivity index is 1.28. The van der Waals surface area contributed by atoms with Crippen molar-refractivity contribution >= 4 is 27.0 Å². The van der Waals surface area contributed by atoms with E-state index in [9.17, 15) is 13.2 Å². The van der Waals surface area contributed by atoms with Crippen molar-refractivity contribution in [3.8, 4) is 0 Å². The molecule has 8 nitrogen and oxygen atoms in total. The smallest absolute Gasteiger partial charge is 0.243 e. The van der Waals surface area contributed by atoms with Crippen molar-refractivity contribution < 1.29 is 13.2 Å². The van der Waals surface area contributed by atoms with Gasteiger partial charge in [-0.15, -0.1) is 5.10 Å². The van der Waals surface area contributed by atoms with Crippen molar-refractivity contribution in [1.82, 2.24) is 24.6 Å². The van der Waals surface area contributed by atoms with Gasteiger partial charge in [-0.25, -0.2) is 13.1 Å². The predicted molar refractivity (Wildman–Crippen MR) is 119 cm³/mol. The number of benzene rings is 1. The molecule has 1 aliphatic heterocycles. The molecule has 0 radical (unpaired) electrons. The molecule has 1 aromatic heterocycles. The first-order chi connectivity index (χ1) is 15.0. The highest BCUT2D eigenvalue weighted by atomic mass is 32.2. The maximum absolute atomic E-state index is 12.7. The van der Waals surface area contributed by atoms with Gasteiger partial charge in [0.15, 0.2) is 0 Å². The number of aromatic nitrogens is 3. The van der Waals surface area contributed by atoms with Gasteiger partial charge in [0.05, 0.1) is 10.4 Å². The largest absolute Gasteiger partial charge is 0.356 e. The molecule has 1 saturated heterocycles. The summed E-state index contributed by atoms with van der Waals surface area (Å²) in [5, 5.41) is 11.3. The van der Waals surface area contributed by atoms with E-state index in [1.165, 1.54) is 29.1 Å². The summed E-state index contributed by atoms with van der Waals surface area (Å²) in [5.41, 5.74) is 2.81. The van der Waals surface area contributed by atoms with Crippen LogP contribution in [0, 0.1) is 0 Å². The first-order valence-electron chi connectivity index (χ1n) is 11.3. The van der Waals surface area contributed by atoms with Crippen LogP contribution in [0.4, 0.5) is 0 Å². The van der Waals surface area contributed by atoms with Crippen LogP contribution in [0.1, 0.15) is 57.8 Å². The van der Waals surface area contributed by atoms with E-state index >= 15 is 0 Å². The van der Waals surface area contributed by atoms with E-state index in [4.69, 9.17) is 0 Å². The standard InChI is InChI=1S/C22H31N5O3S/c28-22(23-13-12-18-7-2-1-3-8-18)9-6-16-27-21-11-10-19(17-20(21)24-25-27)31(29,30)26-14-4-5-15-26/h7,10-11,17H,1-6,8-9,12-16H2,(H,23,28). The Morgan fingerprint density at radius 2 is 1.97 bits per heavy atom. The Bertz CT molecular complexity index is 1050. The molecule has 0 bridgehead atoms. The summed E-state index contributed by atoms with van der Waals surface area (Å²) in [4.78, 5) is 12.4. The second kappa shape index (κ2) is 9.91. The maximum Gasteiger partial charge on any atom is 0.243 e. The molecule has 2 aromatic rings. The minimum absolute atomic E-state index is 0.0554. The zero-order valence-electron chi connectivity index (χ0n) is 17.9. The number of rotatable bonds is 9. The molecule has 0 saturated carbocycles. The zero-order valence-corrected chi connectivity index (χ0v) is 18.7. The van der Waals surface area contributed by atoms with Gasteiger partial charge in [-0.2, -0.15) is 4.31 Å². The van der Waals surface area contributed by atoms with Crippen LogP contribution in [-0.4, -0.2) is 53.3 Å². The highest BCUT2D eigenvalue weighted by molar-refractivity contribution is 7.89. The number of hydrogen-bond acceptors (Lipinski definition) is 5. The Kier molecular flexibility index (Phi) is 7.02. The third-order valence-electron chi connectivity index (χ3n) is 6.12. The van der Waals surface area contributed by atoms with Crippen LogP contribution in [0.25, 0.3) is 11.0 Å². The third kappa shape index (κ3) is 5.33. The Morgan fingerprint density at radius 1 is 1.13 bits per heavy atom. The summed E-state index contributed by atoms with van der Waals surface area (Å²) in [6, 6.07) is 4.98. The van der Waals surface area contributed by atoms with E-state index in [1.807, 2.05) is 0 Å². The first-order valence-corrected chi connectivity index (χ1v) is 12.8. The fourth-order valence-corrected chi connectivity index (χ4v) is 5.86. The third-order valence-corrected chi connectivity index (χ3v) is 8.01. The number of nitrogens with one attached hydrogen (secondary N) is 1. The number of sulfonamides is 1. The zero-order chi connectivity index (χ0) is 21.7. The molecule has 1 N–H and O–H groups in total. The minimum Gasteiger partial charge on any atom is -0.356 e. The van der Waals surface area contributed by atoms with Crippen molar-refractivity contribution in [2.75, 3.05) is 19.6 Å². The fraction of sp³-hybridized carbons (Fsp3) is 0.591. The van der Waals surface area contributed by atoms with Gasteiger partial charge < -0.3 is 5.32 Å². The van der Waals surface area contributed by atoms with Crippen LogP contribution < -0.4 is 5.32 Å². The number of amides is 1. The number of nitrogens with zero attached hydrogens (tertiary/aromatic N) is 4. The SMILES string of the molecule is O=C(CCCn1nnc2cc(S(=O)(=O)N3CCCC3)ccc21)NCCC1=CCCCC1. The topological polar surface area (TPSA) is 97.2 Å². The average molecular weight is 446 g/mol. The van der Waals surface area contributed by atoms with Crippen LogP contribution in [0.2, 0.25) is 0 Å². The van der Waals surface area contributed by atoms with E-state index < -0.39 is 10.0 Å². The molecule has 2 heterocycles. The van der Waals surface area contributed by atoms with Crippen LogP contribution in [0.5, 0.6) is 0 Å². The number of hydrogen-bond donors (Lipinski definition) is 1. The first kappa shape index (κ1) is 22.0. The normalized spacial score (nSPS) is 17.7. The quantitative estimate of drug-likeness (QED) is 0.599. The van der Waals surface area contributed by atoms with E-state index in [0.717, 1.165) is 31.2 Å². The van der Waals surface area contributed by atoms with Crippen LogP contribution in [-0.2, 0) is 21.4 Å². The number of carbonyl (C=O) groups is 1. The van der Waals surface area contributed by atoms with Gasteiger partial charge in [-0.3, -0.25) is 4.79 Å². The highest BCUT2D eigenvalue weighted by Crippen LogP contribution is 2.24. The number of carbonyl (C=O) groups excluding carboxylic acids is 1. The van der Waals surface area contributed by atoms with Crippen LogP contribution in [0.3, 0.4) is 0 Å². The van der Waals surface area contributed by atoms with Crippen molar-refractivity contribution in [2.45, 2.75) is 69.2 Å². The molecule has 0 atom stereocenters. The lowest BCUT2D eigenvalue weighted by molar-refractivity contribution is -0.121. The molecule has 2 aliphatic rings. The van der Waals surface area contributed by atoms with Crippen molar-refractivity contribution in [3.05, 3.63) is 29.8 Å². The van der Waals surface area contributed by atoms with Crippen molar-refractivity contribution in [1.29, 1.82) is 0 Å². The molecule has 4 rings (SSSR count). The minimum atomic E-state index is -3.47. The lowest BCUT2D eigenvalue weighted by Gasteiger charge is -2.15. The molecule has 31 heavy (non-hydrogen) atoms. The van der Waals surface area contributed by atoms with Gasteiger partial charge in [0.1, 0.15) is 5.52 Å².